The molecule has 0 unspecified atom stereocenters. The fourth-order valence-electron chi connectivity index (χ4n) is 1.93. The highest BCUT2D eigenvalue weighted by Gasteiger charge is 2.35. The van der Waals surface area contributed by atoms with Crippen LogP contribution in [0.25, 0.3) is 0 Å². The minimum Gasteiger partial charge on any atom is -0.329 e. The van der Waals surface area contributed by atoms with E-state index in [4.69, 9.17) is 5.73 Å². The number of nitrogens with one attached hydrogen (secondary N) is 1. The molecule has 0 aromatic carbocycles. The van der Waals surface area contributed by atoms with Crippen molar-refractivity contribution in [2.45, 2.75) is 25.6 Å². The Hall–Kier alpha value is -0.420. The van der Waals surface area contributed by atoms with Gasteiger partial charge in [-0.3, -0.25) is 4.90 Å². The number of nitrogens with zero attached hydrogens (tertiary/aromatic N) is 2. The quantitative estimate of drug-likeness (QED) is 0.732. The maximum Gasteiger partial charge on any atom is 0.402 e. The van der Waals surface area contributed by atoms with Crippen LogP contribution in [0.1, 0.15) is 13.8 Å². The molecule has 120 valence electrons. The molecular weight excluding hydrogens is 297 g/mol. The summed E-state index contributed by atoms with van der Waals surface area (Å²) >= 11 is 0. The van der Waals surface area contributed by atoms with Gasteiger partial charge in [0.25, 0.3) is 10.2 Å². The fourth-order valence-corrected chi connectivity index (χ4v) is 3.10. The number of halogens is 3. The molecule has 0 aliphatic carbocycles. The molecule has 0 aromatic rings. The van der Waals surface area contributed by atoms with Crippen molar-refractivity contribution in [3.8, 4) is 0 Å². The average Bonchev–Trinajstić information content (AvgIpc) is 2.36. The van der Waals surface area contributed by atoms with Gasteiger partial charge in [0.1, 0.15) is 6.54 Å². The number of hydrogen-bond acceptors (Lipinski definition) is 4. The van der Waals surface area contributed by atoms with E-state index in [9.17, 15) is 21.6 Å². The van der Waals surface area contributed by atoms with Crippen molar-refractivity contribution in [2.75, 3.05) is 39.3 Å². The standard InChI is InChI=1S/C10H21F3N4O2S/c1-9(2,7-14)16-3-5-17(6-4-16)20(18,19)15-8-10(11,12)13/h15H,3-8,14H2,1-2H3. The van der Waals surface area contributed by atoms with Crippen LogP contribution in [0, 0.1) is 0 Å². The zero-order chi connectivity index (χ0) is 15.6. The molecule has 0 aromatic heterocycles. The number of rotatable bonds is 5. The van der Waals surface area contributed by atoms with E-state index in [-0.39, 0.29) is 18.6 Å². The number of piperazine rings is 1. The predicted molar refractivity (Wildman–Crippen MR) is 69.3 cm³/mol. The minimum atomic E-state index is -4.56. The summed E-state index contributed by atoms with van der Waals surface area (Å²) in [6.07, 6.45) is -4.56. The van der Waals surface area contributed by atoms with Gasteiger partial charge < -0.3 is 5.73 Å². The Morgan fingerprint density at radius 2 is 1.65 bits per heavy atom. The Balaban J connectivity index is 2.56. The van der Waals surface area contributed by atoms with E-state index in [0.29, 0.717) is 19.6 Å². The molecule has 10 heteroatoms. The highest BCUT2D eigenvalue weighted by molar-refractivity contribution is 7.87. The van der Waals surface area contributed by atoms with Crippen LogP contribution in [-0.2, 0) is 10.2 Å². The lowest BCUT2D eigenvalue weighted by Crippen LogP contribution is -2.59. The second-order valence-electron chi connectivity index (χ2n) is 5.34. The molecule has 0 spiro atoms. The molecule has 6 nitrogen and oxygen atoms in total. The van der Waals surface area contributed by atoms with E-state index in [1.165, 1.54) is 0 Å². The van der Waals surface area contributed by atoms with Crippen molar-refractivity contribution in [1.82, 2.24) is 13.9 Å². The van der Waals surface area contributed by atoms with E-state index in [1.54, 1.807) is 4.72 Å². The van der Waals surface area contributed by atoms with Crippen LogP contribution in [0.15, 0.2) is 0 Å². The Morgan fingerprint density at radius 3 is 2.05 bits per heavy atom. The molecule has 1 heterocycles. The molecule has 1 aliphatic rings. The summed E-state index contributed by atoms with van der Waals surface area (Å²) in [5, 5.41) is 0. The van der Waals surface area contributed by atoms with Gasteiger partial charge in [-0.2, -0.15) is 30.6 Å². The van der Waals surface area contributed by atoms with Gasteiger partial charge in [0, 0.05) is 38.3 Å². The molecule has 1 aliphatic heterocycles. The summed E-state index contributed by atoms with van der Waals surface area (Å²) in [7, 11) is -4.09. The molecule has 1 saturated heterocycles. The number of hydrogen-bond donors (Lipinski definition) is 2. The van der Waals surface area contributed by atoms with Gasteiger partial charge in [0.15, 0.2) is 0 Å². The number of nitrogens with two attached hydrogens (primary N) is 1. The molecule has 0 saturated carbocycles. The van der Waals surface area contributed by atoms with Gasteiger partial charge in [0.2, 0.25) is 0 Å². The van der Waals surface area contributed by atoms with Gasteiger partial charge in [0.05, 0.1) is 0 Å². The fraction of sp³-hybridized carbons (Fsp3) is 1.00. The summed E-state index contributed by atoms with van der Waals surface area (Å²) in [6, 6.07) is 0. The van der Waals surface area contributed by atoms with Crippen molar-refractivity contribution in [3.63, 3.8) is 0 Å². The Kier molecular flexibility index (Phi) is 5.41. The van der Waals surface area contributed by atoms with Gasteiger partial charge in [-0.05, 0) is 13.8 Å². The summed E-state index contributed by atoms with van der Waals surface area (Å²) in [6.45, 7) is 3.94. The third-order valence-electron chi connectivity index (χ3n) is 3.39. The first-order valence-electron chi connectivity index (χ1n) is 6.24. The van der Waals surface area contributed by atoms with E-state index in [0.717, 1.165) is 4.31 Å². The average molecular weight is 318 g/mol. The second-order valence-corrected chi connectivity index (χ2v) is 7.10. The van der Waals surface area contributed by atoms with Crippen LogP contribution in [0.3, 0.4) is 0 Å². The highest BCUT2D eigenvalue weighted by Crippen LogP contribution is 2.18. The van der Waals surface area contributed by atoms with Crippen LogP contribution in [0.2, 0.25) is 0 Å². The molecule has 0 atom stereocenters. The SMILES string of the molecule is CC(C)(CN)N1CCN(S(=O)(=O)NCC(F)(F)F)CC1. The monoisotopic (exact) mass is 318 g/mol. The lowest BCUT2D eigenvalue weighted by atomic mass is 10.0. The molecule has 0 amide bonds. The van der Waals surface area contributed by atoms with E-state index < -0.39 is 22.9 Å². The highest BCUT2D eigenvalue weighted by atomic mass is 32.2. The van der Waals surface area contributed by atoms with Gasteiger partial charge in [-0.15, -0.1) is 0 Å². The molecule has 0 bridgehead atoms. The maximum atomic E-state index is 12.0. The summed E-state index contributed by atoms with van der Waals surface area (Å²) in [4.78, 5) is 2.03. The zero-order valence-corrected chi connectivity index (χ0v) is 12.4. The predicted octanol–water partition coefficient (Wildman–Crippen LogP) is -0.262. The lowest BCUT2D eigenvalue weighted by molar-refractivity contribution is -0.121. The van der Waals surface area contributed by atoms with Crippen LogP contribution in [0.4, 0.5) is 13.2 Å². The molecule has 3 N–H and O–H groups in total. The van der Waals surface area contributed by atoms with Crippen LogP contribution < -0.4 is 10.5 Å². The maximum absolute atomic E-state index is 12.0. The van der Waals surface area contributed by atoms with Crippen LogP contribution in [-0.4, -0.2) is 68.6 Å². The van der Waals surface area contributed by atoms with Crippen LogP contribution >= 0.6 is 0 Å². The molecule has 1 fully saturated rings. The van der Waals surface area contributed by atoms with Gasteiger partial charge in [-0.25, -0.2) is 0 Å². The van der Waals surface area contributed by atoms with Crippen molar-refractivity contribution in [2.24, 2.45) is 5.73 Å². The Bertz CT molecular complexity index is 417. The third kappa shape index (κ3) is 4.85. The third-order valence-corrected chi connectivity index (χ3v) is 4.94. The minimum absolute atomic E-state index is 0.149. The summed E-state index contributed by atoms with van der Waals surface area (Å²) in [5.41, 5.74) is 5.39. The van der Waals surface area contributed by atoms with Crippen molar-refractivity contribution < 1.29 is 21.6 Å². The van der Waals surface area contributed by atoms with Crippen molar-refractivity contribution >= 4 is 10.2 Å². The summed E-state index contributed by atoms with van der Waals surface area (Å²) in [5.74, 6) is 0. The first kappa shape index (κ1) is 17.6. The van der Waals surface area contributed by atoms with Crippen LogP contribution in [0.5, 0.6) is 0 Å². The topological polar surface area (TPSA) is 78.7 Å². The van der Waals surface area contributed by atoms with Gasteiger partial charge in [-0.1, -0.05) is 0 Å². The Morgan fingerprint density at radius 1 is 1.15 bits per heavy atom. The number of alkyl halides is 3. The van der Waals surface area contributed by atoms with Crippen molar-refractivity contribution in [3.05, 3.63) is 0 Å². The normalized spacial score (nSPS) is 20.3. The van der Waals surface area contributed by atoms with Gasteiger partial charge >= 0.3 is 6.18 Å². The largest absolute Gasteiger partial charge is 0.402 e. The molecule has 1 rings (SSSR count). The first-order chi connectivity index (χ1) is 8.98. The van der Waals surface area contributed by atoms with E-state index >= 15 is 0 Å². The summed E-state index contributed by atoms with van der Waals surface area (Å²) < 4.78 is 62.2. The Labute approximate surface area is 117 Å². The van der Waals surface area contributed by atoms with E-state index in [1.807, 2.05) is 18.7 Å². The van der Waals surface area contributed by atoms with E-state index in [2.05, 4.69) is 0 Å². The van der Waals surface area contributed by atoms with Crippen molar-refractivity contribution in [1.29, 1.82) is 0 Å². The smallest absolute Gasteiger partial charge is 0.329 e. The zero-order valence-electron chi connectivity index (χ0n) is 11.6. The molecule has 20 heavy (non-hydrogen) atoms. The molecular formula is C10H21F3N4O2S. The second kappa shape index (κ2) is 6.14. The lowest BCUT2D eigenvalue weighted by Gasteiger charge is -2.43. The first-order valence-corrected chi connectivity index (χ1v) is 7.68. The molecule has 0 radical (unpaired) electrons.